The smallest absolute Gasteiger partial charge is 0.384 e. The number of alkyl halides is 12. The van der Waals surface area contributed by atoms with Crippen LogP contribution >= 0.6 is 0 Å². The maximum atomic E-state index is 13.8. The Morgan fingerprint density at radius 2 is 1.53 bits per heavy atom. The van der Waals surface area contributed by atoms with Crippen LogP contribution in [0.5, 0.6) is 0 Å². The van der Waals surface area contributed by atoms with Gasteiger partial charge in [-0.1, -0.05) is 0 Å². The van der Waals surface area contributed by atoms with Crippen molar-refractivity contribution in [2.45, 2.75) is 56.4 Å². The Hall–Kier alpha value is -2.68. The summed E-state index contributed by atoms with van der Waals surface area (Å²) < 4.78 is 163. The van der Waals surface area contributed by atoms with Gasteiger partial charge in [-0.05, 0) is 32.0 Å². The molecule has 0 aliphatic rings. The Kier molecular flexibility index (Phi) is 6.90. The van der Waals surface area contributed by atoms with Gasteiger partial charge in [0.1, 0.15) is 5.82 Å². The summed E-state index contributed by atoms with van der Waals surface area (Å²) in [5, 5.41) is 0. The van der Waals surface area contributed by atoms with Crippen LogP contribution in [0, 0.1) is 6.92 Å². The molecule has 4 nitrogen and oxygen atoms in total. The van der Waals surface area contributed by atoms with Gasteiger partial charge in [-0.15, -0.1) is 0 Å². The normalized spacial score (nSPS) is 14.2. The number of fused-ring (bicyclic) bond motifs is 1. The van der Waals surface area contributed by atoms with Gasteiger partial charge in [0.25, 0.3) is 0 Å². The van der Waals surface area contributed by atoms with E-state index in [1.165, 1.54) is 6.07 Å². The lowest BCUT2D eigenvalue weighted by Crippen LogP contribution is -2.69. The van der Waals surface area contributed by atoms with Crippen LogP contribution in [0.3, 0.4) is 0 Å². The molecule has 16 heteroatoms. The van der Waals surface area contributed by atoms with Crippen molar-refractivity contribution in [1.29, 1.82) is 0 Å². The lowest BCUT2D eigenvalue weighted by Gasteiger charge is -2.38. The zero-order chi connectivity index (χ0) is 26.5. The van der Waals surface area contributed by atoms with Crippen molar-refractivity contribution in [1.82, 2.24) is 9.55 Å². The second-order valence-corrected chi connectivity index (χ2v) is 7.03. The first kappa shape index (κ1) is 27.6. The molecule has 0 fully saturated rings. The van der Waals surface area contributed by atoms with Gasteiger partial charge in [0.05, 0.1) is 16.6 Å². The van der Waals surface area contributed by atoms with Crippen LogP contribution in [0.1, 0.15) is 23.1 Å². The fourth-order valence-corrected chi connectivity index (χ4v) is 2.88. The second kappa shape index (κ2) is 8.52. The molecule has 1 heterocycles. The van der Waals surface area contributed by atoms with E-state index in [1.54, 1.807) is 18.4 Å². The number of aromatic nitrogens is 2. The van der Waals surface area contributed by atoms with Gasteiger partial charge < -0.3 is 9.30 Å². The van der Waals surface area contributed by atoms with Crippen LogP contribution < -0.4 is 0 Å². The van der Waals surface area contributed by atoms with Crippen LogP contribution in [0.4, 0.5) is 52.7 Å². The molecule has 0 aliphatic heterocycles. The van der Waals surface area contributed by atoms with E-state index in [0.29, 0.717) is 17.9 Å². The average molecular weight is 518 g/mol. The Morgan fingerprint density at radius 3 is 2.03 bits per heavy atom. The number of carbonyl (C=O) groups excluding carboxylic acids is 1. The number of esters is 1. The van der Waals surface area contributed by atoms with Crippen LogP contribution in [-0.4, -0.2) is 58.2 Å². The SMILES string of the molecule is CCn1c(C)nc2cc(C(=O)OCC(F)(F)C(F)(F)C(F)(F)C(F)(F)C(F)(F)C(F)F)ccc21. The van der Waals surface area contributed by atoms with E-state index >= 15 is 0 Å². The highest BCUT2D eigenvalue weighted by Crippen LogP contribution is 2.58. The van der Waals surface area contributed by atoms with Gasteiger partial charge in [-0.2, -0.15) is 43.9 Å². The summed E-state index contributed by atoms with van der Waals surface area (Å²) in [7, 11) is 0. The predicted molar refractivity (Wildman–Crippen MR) is 91.2 cm³/mol. The molecule has 192 valence electrons. The van der Waals surface area contributed by atoms with Crippen molar-refractivity contribution in [3.63, 3.8) is 0 Å². The predicted octanol–water partition coefficient (Wildman–Crippen LogP) is 5.96. The molecule has 0 N–H and O–H groups in total. The molecule has 0 saturated heterocycles. The van der Waals surface area contributed by atoms with Crippen LogP contribution in [-0.2, 0) is 11.3 Å². The number of benzene rings is 1. The average Bonchev–Trinajstić information content (AvgIpc) is 3.05. The van der Waals surface area contributed by atoms with Crippen molar-refractivity contribution < 1.29 is 62.2 Å². The number of nitrogens with zero attached hydrogens (tertiary/aromatic N) is 2. The standard InChI is InChI=1S/C18H14F12N2O2/c1-3-32-8(2)31-10-6-9(4-5-11(10)32)12(33)34-7-14(21,22)16(25,26)18(29,30)17(27,28)15(23,24)13(19)20/h4-6,13H,3,7H2,1-2H3. The highest BCUT2D eigenvalue weighted by molar-refractivity contribution is 5.93. The molecule has 1 aromatic carbocycles. The largest absolute Gasteiger partial charge is 0.455 e. The maximum Gasteiger partial charge on any atom is 0.384 e. The first-order valence-electron chi connectivity index (χ1n) is 9.07. The van der Waals surface area contributed by atoms with E-state index in [4.69, 9.17) is 0 Å². The summed E-state index contributed by atoms with van der Waals surface area (Å²) in [5.41, 5.74) is 0.0234. The molecule has 0 unspecified atom stereocenters. The van der Waals surface area contributed by atoms with Crippen molar-refractivity contribution in [2.24, 2.45) is 0 Å². The number of ether oxygens (including phenoxy) is 1. The first-order valence-corrected chi connectivity index (χ1v) is 9.07. The summed E-state index contributed by atoms with van der Waals surface area (Å²) in [6, 6.07) is 3.21. The summed E-state index contributed by atoms with van der Waals surface area (Å²) in [5.74, 6) is -37.4. The zero-order valence-electron chi connectivity index (χ0n) is 17.0. The van der Waals surface area contributed by atoms with Gasteiger partial charge in [0, 0.05) is 6.54 Å². The number of hydrogen-bond acceptors (Lipinski definition) is 3. The Labute approximate surface area is 182 Å². The van der Waals surface area contributed by atoms with Crippen LogP contribution in [0.25, 0.3) is 11.0 Å². The van der Waals surface area contributed by atoms with E-state index in [2.05, 4.69) is 9.72 Å². The zero-order valence-corrected chi connectivity index (χ0v) is 17.0. The lowest BCUT2D eigenvalue weighted by molar-refractivity contribution is -0.414. The van der Waals surface area contributed by atoms with Crippen molar-refractivity contribution >= 4 is 17.0 Å². The number of rotatable bonds is 9. The molecule has 2 rings (SSSR count). The third kappa shape index (κ3) is 4.04. The molecule has 0 aliphatic carbocycles. The minimum atomic E-state index is -7.68. The van der Waals surface area contributed by atoms with Gasteiger partial charge in [0.15, 0.2) is 6.61 Å². The van der Waals surface area contributed by atoms with Crippen molar-refractivity contribution in [3.8, 4) is 0 Å². The highest BCUT2D eigenvalue weighted by atomic mass is 19.4. The molecule has 34 heavy (non-hydrogen) atoms. The van der Waals surface area contributed by atoms with Gasteiger partial charge >= 0.3 is 42.0 Å². The molecule has 0 saturated carbocycles. The Morgan fingerprint density at radius 1 is 0.971 bits per heavy atom. The minimum absolute atomic E-state index is 0.131. The highest BCUT2D eigenvalue weighted by Gasteiger charge is 2.87. The van der Waals surface area contributed by atoms with Gasteiger partial charge in [0.2, 0.25) is 0 Å². The number of hydrogen-bond donors (Lipinski definition) is 0. The van der Waals surface area contributed by atoms with Crippen molar-refractivity contribution in [2.75, 3.05) is 6.61 Å². The summed E-state index contributed by atoms with van der Waals surface area (Å²) in [6.45, 7) is 0.800. The molecule has 2 aromatic rings. The number of halogens is 12. The summed E-state index contributed by atoms with van der Waals surface area (Å²) >= 11 is 0. The van der Waals surface area contributed by atoms with E-state index in [1.807, 2.05) is 0 Å². The molecular formula is C18H14F12N2O2. The lowest BCUT2D eigenvalue weighted by atomic mass is 9.94. The first-order chi connectivity index (χ1) is 15.3. The molecule has 0 bridgehead atoms. The van der Waals surface area contributed by atoms with E-state index in [-0.39, 0.29) is 5.52 Å². The molecule has 0 radical (unpaired) electrons. The third-order valence-electron chi connectivity index (χ3n) is 4.82. The molecule has 0 spiro atoms. The van der Waals surface area contributed by atoms with E-state index in [0.717, 1.165) is 12.1 Å². The summed E-state index contributed by atoms with van der Waals surface area (Å²) in [4.78, 5) is 16.0. The minimum Gasteiger partial charge on any atom is -0.455 e. The topological polar surface area (TPSA) is 44.1 Å². The third-order valence-corrected chi connectivity index (χ3v) is 4.82. The molecule has 0 amide bonds. The Balaban J connectivity index is 2.29. The fraction of sp³-hybridized carbons (Fsp3) is 0.556. The quantitative estimate of drug-likeness (QED) is 0.304. The van der Waals surface area contributed by atoms with Gasteiger partial charge in [-0.25, -0.2) is 18.6 Å². The number of aryl methyl sites for hydroxylation is 2. The molecular weight excluding hydrogens is 504 g/mol. The number of carbonyl (C=O) groups is 1. The van der Waals surface area contributed by atoms with Crippen LogP contribution in [0.15, 0.2) is 18.2 Å². The monoisotopic (exact) mass is 518 g/mol. The van der Waals surface area contributed by atoms with E-state index in [9.17, 15) is 57.5 Å². The number of imidazole rings is 1. The van der Waals surface area contributed by atoms with Crippen LogP contribution in [0.2, 0.25) is 0 Å². The second-order valence-electron chi connectivity index (χ2n) is 7.03. The maximum absolute atomic E-state index is 13.8. The van der Waals surface area contributed by atoms with E-state index < -0.39 is 54.2 Å². The summed E-state index contributed by atoms with van der Waals surface area (Å²) in [6.07, 6.45) is -5.59. The van der Waals surface area contributed by atoms with Gasteiger partial charge in [-0.3, -0.25) is 0 Å². The van der Waals surface area contributed by atoms with Crippen molar-refractivity contribution in [3.05, 3.63) is 29.6 Å². The molecule has 0 atom stereocenters. The molecule has 1 aromatic heterocycles. The fourth-order valence-electron chi connectivity index (χ4n) is 2.88. The Bertz CT molecular complexity index is 1060.